The minimum atomic E-state index is -3.14. The van der Waals surface area contributed by atoms with Crippen molar-refractivity contribution >= 4 is 10.0 Å². The lowest BCUT2D eigenvalue weighted by Crippen LogP contribution is -2.39. The fraction of sp³-hybridized carbons (Fsp3) is 0.857. The molecule has 0 unspecified atom stereocenters. The van der Waals surface area contributed by atoms with E-state index in [0.717, 1.165) is 57.3 Å². The molecule has 8 nitrogen and oxygen atoms in total. The zero-order valence-electron chi connectivity index (χ0n) is 13.8. The van der Waals surface area contributed by atoms with E-state index < -0.39 is 10.0 Å². The molecule has 3 rings (SSSR count). The third-order valence-corrected chi connectivity index (χ3v) is 5.96. The molecular formula is C14H25N5O3S. The van der Waals surface area contributed by atoms with Crippen molar-refractivity contribution in [2.75, 3.05) is 45.6 Å². The van der Waals surface area contributed by atoms with Gasteiger partial charge in [-0.2, -0.15) is 0 Å². The molecule has 0 aromatic carbocycles. The van der Waals surface area contributed by atoms with Crippen LogP contribution in [-0.2, 0) is 28.4 Å². The highest BCUT2D eigenvalue weighted by atomic mass is 32.2. The quantitative estimate of drug-likeness (QED) is 0.752. The van der Waals surface area contributed by atoms with Gasteiger partial charge in [-0.3, -0.25) is 4.90 Å². The van der Waals surface area contributed by atoms with Crippen molar-refractivity contribution in [2.24, 2.45) is 7.05 Å². The van der Waals surface area contributed by atoms with Crippen LogP contribution in [-0.4, -0.2) is 78.0 Å². The Bertz CT molecular complexity index is 639. The van der Waals surface area contributed by atoms with Gasteiger partial charge in [0.25, 0.3) is 0 Å². The molecule has 0 amide bonds. The van der Waals surface area contributed by atoms with Crippen molar-refractivity contribution in [3.05, 3.63) is 11.6 Å². The van der Waals surface area contributed by atoms with Crippen LogP contribution >= 0.6 is 0 Å². The molecule has 0 N–H and O–H groups in total. The molecule has 130 valence electrons. The second kappa shape index (κ2) is 6.84. The molecule has 0 bridgehead atoms. The number of aromatic nitrogens is 3. The summed E-state index contributed by atoms with van der Waals surface area (Å²) in [6.45, 7) is 5.21. The van der Waals surface area contributed by atoms with Crippen molar-refractivity contribution in [3.8, 4) is 0 Å². The SMILES string of the molecule is Cn1c(CN2CCOCC2)nnc1[C@@H]1CCCN(S(C)(=O)=O)C1. The topological polar surface area (TPSA) is 80.6 Å². The number of morpholine rings is 1. The first-order valence-electron chi connectivity index (χ1n) is 8.08. The van der Waals surface area contributed by atoms with E-state index in [-0.39, 0.29) is 5.92 Å². The molecular weight excluding hydrogens is 318 g/mol. The lowest BCUT2D eigenvalue weighted by molar-refractivity contribution is 0.0326. The predicted octanol–water partition coefficient (Wildman–Crippen LogP) is -0.214. The van der Waals surface area contributed by atoms with Crippen LogP contribution in [0.25, 0.3) is 0 Å². The van der Waals surface area contributed by atoms with Gasteiger partial charge in [-0.25, -0.2) is 12.7 Å². The highest BCUT2D eigenvalue weighted by Crippen LogP contribution is 2.27. The fourth-order valence-corrected chi connectivity index (χ4v) is 4.19. The summed E-state index contributed by atoms with van der Waals surface area (Å²) in [6.07, 6.45) is 3.09. The Morgan fingerprint density at radius 2 is 1.96 bits per heavy atom. The van der Waals surface area contributed by atoms with Gasteiger partial charge in [0, 0.05) is 39.1 Å². The molecule has 1 aromatic heterocycles. The third-order valence-electron chi connectivity index (χ3n) is 4.69. The predicted molar refractivity (Wildman–Crippen MR) is 85.5 cm³/mol. The molecule has 0 spiro atoms. The zero-order valence-corrected chi connectivity index (χ0v) is 14.6. The van der Waals surface area contributed by atoms with E-state index in [9.17, 15) is 8.42 Å². The average molecular weight is 343 g/mol. The summed E-state index contributed by atoms with van der Waals surface area (Å²) in [7, 11) is -1.17. The smallest absolute Gasteiger partial charge is 0.211 e. The molecule has 1 atom stereocenters. The highest BCUT2D eigenvalue weighted by molar-refractivity contribution is 7.88. The van der Waals surface area contributed by atoms with Gasteiger partial charge in [-0.05, 0) is 12.8 Å². The van der Waals surface area contributed by atoms with Crippen LogP contribution in [0, 0.1) is 0 Å². The number of nitrogens with zero attached hydrogens (tertiary/aromatic N) is 5. The maximum absolute atomic E-state index is 11.8. The lowest BCUT2D eigenvalue weighted by Gasteiger charge is -2.30. The molecule has 2 aliphatic heterocycles. The number of hydrogen-bond acceptors (Lipinski definition) is 6. The zero-order chi connectivity index (χ0) is 16.4. The summed E-state index contributed by atoms with van der Waals surface area (Å²) >= 11 is 0. The van der Waals surface area contributed by atoms with Crippen LogP contribution in [0.3, 0.4) is 0 Å². The number of ether oxygens (including phenoxy) is 1. The molecule has 2 fully saturated rings. The number of hydrogen-bond donors (Lipinski definition) is 0. The standard InChI is InChI=1S/C14H25N5O3S/c1-17-13(11-18-6-8-22-9-7-18)15-16-14(17)12-4-3-5-19(10-12)23(2,20)21/h12H,3-11H2,1-2H3/t12-/m1/s1. The number of piperidine rings is 1. The Labute approximate surface area is 137 Å². The van der Waals surface area contributed by atoms with Gasteiger partial charge in [0.05, 0.1) is 26.0 Å². The second-order valence-corrected chi connectivity index (χ2v) is 8.36. The van der Waals surface area contributed by atoms with Crippen molar-refractivity contribution in [1.29, 1.82) is 0 Å². The molecule has 23 heavy (non-hydrogen) atoms. The first-order chi connectivity index (χ1) is 10.9. The molecule has 0 radical (unpaired) electrons. The van der Waals surface area contributed by atoms with Gasteiger partial charge in [-0.15, -0.1) is 10.2 Å². The van der Waals surface area contributed by atoms with Gasteiger partial charge in [0.15, 0.2) is 0 Å². The molecule has 0 aliphatic carbocycles. The highest BCUT2D eigenvalue weighted by Gasteiger charge is 2.30. The molecule has 2 saturated heterocycles. The van der Waals surface area contributed by atoms with Crippen LogP contribution in [0.1, 0.15) is 30.4 Å². The Balaban J connectivity index is 1.70. The third kappa shape index (κ3) is 3.90. The van der Waals surface area contributed by atoms with Crippen LogP contribution in [0.2, 0.25) is 0 Å². The van der Waals surface area contributed by atoms with E-state index in [1.165, 1.54) is 6.26 Å². The van der Waals surface area contributed by atoms with Crippen molar-refractivity contribution in [2.45, 2.75) is 25.3 Å². The fourth-order valence-electron chi connectivity index (χ4n) is 3.28. The van der Waals surface area contributed by atoms with Crippen molar-refractivity contribution in [3.63, 3.8) is 0 Å². The summed E-state index contributed by atoms with van der Waals surface area (Å²) < 4.78 is 32.5. The number of rotatable bonds is 4. The summed E-state index contributed by atoms with van der Waals surface area (Å²) in [4.78, 5) is 2.31. The van der Waals surface area contributed by atoms with Gasteiger partial charge in [0.2, 0.25) is 10.0 Å². The molecule has 3 heterocycles. The van der Waals surface area contributed by atoms with Crippen LogP contribution in [0.15, 0.2) is 0 Å². The van der Waals surface area contributed by atoms with Crippen LogP contribution < -0.4 is 0 Å². The summed E-state index contributed by atoms with van der Waals surface area (Å²) in [5.74, 6) is 1.94. The van der Waals surface area contributed by atoms with E-state index in [2.05, 4.69) is 15.1 Å². The summed E-state index contributed by atoms with van der Waals surface area (Å²) in [6, 6.07) is 0. The molecule has 0 saturated carbocycles. The first-order valence-corrected chi connectivity index (χ1v) is 9.93. The Morgan fingerprint density at radius 3 is 2.65 bits per heavy atom. The molecule has 1 aromatic rings. The minimum absolute atomic E-state index is 0.120. The summed E-state index contributed by atoms with van der Waals surface area (Å²) in [5.41, 5.74) is 0. The van der Waals surface area contributed by atoms with Gasteiger partial charge in [0.1, 0.15) is 11.6 Å². The van der Waals surface area contributed by atoms with E-state index in [1.807, 2.05) is 11.6 Å². The number of sulfonamides is 1. The van der Waals surface area contributed by atoms with Crippen molar-refractivity contribution in [1.82, 2.24) is 24.0 Å². The Kier molecular flexibility index (Phi) is 5.00. The largest absolute Gasteiger partial charge is 0.379 e. The van der Waals surface area contributed by atoms with E-state index in [0.29, 0.717) is 13.1 Å². The Morgan fingerprint density at radius 1 is 1.22 bits per heavy atom. The second-order valence-electron chi connectivity index (χ2n) is 6.38. The monoisotopic (exact) mass is 343 g/mol. The van der Waals surface area contributed by atoms with Gasteiger partial charge < -0.3 is 9.30 Å². The Hall–Kier alpha value is -1.03. The molecule has 9 heteroatoms. The maximum Gasteiger partial charge on any atom is 0.211 e. The minimum Gasteiger partial charge on any atom is -0.379 e. The molecule has 2 aliphatic rings. The normalized spacial score (nSPS) is 24.9. The summed E-state index contributed by atoms with van der Waals surface area (Å²) in [5, 5.41) is 8.69. The van der Waals surface area contributed by atoms with E-state index >= 15 is 0 Å². The first kappa shape index (κ1) is 16.8. The van der Waals surface area contributed by atoms with Crippen LogP contribution in [0.5, 0.6) is 0 Å². The lowest BCUT2D eigenvalue weighted by atomic mass is 9.99. The van der Waals surface area contributed by atoms with Crippen LogP contribution in [0.4, 0.5) is 0 Å². The average Bonchev–Trinajstić information content (AvgIpc) is 2.89. The van der Waals surface area contributed by atoms with Crippen molar-refractivity contribution < 1.29 is 13.2 Å². The van der Waals surface area contributed by atoms with E-state index in [1.54, 1.807) is 4.31 Å². The van der Waals surface area contributed by atoms with Gasteiger partial charge in [-0.1, -0.05) is 0 Å². The maximum atomic E-state index is 11.8. The van der Waals surface area contributed by atoms with E-state index in [4.69, 9.17) is 4.74 Å². The van der Waals surface area contributed by atoms with Gasteiger partial charge >= 0.3 is 0 Å².